The first-order chi connectivity index (χ1) is 12.0. The molecule has 0 unspecified atom stereocenters. The van der Waals surface area contributed by atoms with Crippen molar-refractivity contribution in [1.29, 1.82) is 0 Å². The number of aryl methyl sites for hydroxylation is 1. The lowest BCUT2D eigenvalue weighted by atomic mass is 10.0. The Morgan fingerprint density at radius 2 is 1.44 bits per heavy atom. The zero-order valence-corrected chi connectivity index (χ0v) is 16.8. The van der Waals surface area contributed by atoms with Gasteiger partial charge in [0.05, 0.1) is 20.1 Å². The smallest absolute Gasteiger partial charge is 0.112 e. The van der Waals surface area contributed by atoms with E-state index in [0.29, 0.717) is 12.1 Å². The first-order valence-electron chi connectivity index (χ1n) is 10.6. The molecule has 1 aromatic rings. The third kappa shape index (κ3) is 6.42. The Morgan fingerprint density at radius 1 is 0.880 bits per heavy atom. The van der Waals surface area contributed by atoms with Crippen LogP contribution in [0.1, 0.15) is 76.7 Å². The molecule has 0 aromatic heterocycles. The van der Waals surface area contributed by atoms with Crippen LogP contribution in [0.3, 0.4) is 0 Å². The molecule has 2 nitrogen and oxygen atoms in total. The van der Waals surface area contributed by atoms with Gasteiger partial charge in [-0.2, -0.15) is 0 Å². The first kappa shape index (κ1) is 20.5. The van der Waals surface area contributed by atoms with Crippen molar-refractivity contribution < 1.29 is 9.59 Å². The molecule has 1 aliphatic rings. The predicted molar refractivity (Wildman–Crippen MR) is 108 cm³/mol. The minimum absolute atomic E-state index is 0.101. The van der Waals surface area contributed by atoms with Gasteiger partial charge in [-0.3, -0.25) is 0 Å². The second-order valence-electron chi connectivity index (χ2n) is 8.68. The van der Waals surface area contributed by atoms with E-state index < -0.39 is 0 Å². The molecular formula is C23H40NO+. The van der Waals surface area contributed by atoms with Gasteiger partial charge in [0.25, 0.3) is 0 Å². The van der Waals surface area contributed by atoms with Crippen LogP contribution < -0.4 is 0 Å². The molecule has 1 aliphatic heterocycles. The number of hydrogen-bond acceptors (Lipinski definition) is 1. The molecule has 0 bridgehead atoms. The third-order valence-corrected chi connectivity index (χ3v) is 6.66. The Bertz CT molecular complexity index is 470. The number of benzene rings is 1. The number of unbranched alkanes of at least 4 members (excludes halogenated alkanes) is 7. The summed E-state index contributed by atoms with van der Waals surface area (Å²) >= 11 is 0. The van der Waals surface area contributed by atoms with E-state index in [4.69, 9.17) is 0 Å². The SMILES string of the molecule is C[C@@H]1[C@@H](O)C[C@H](CCCCCCCCCCc2ccccc2)[N+]1(C)C. The highest BCUT2D eigenvalue weighted by Gasteiger charge is 2.45. The third-order valence-electron chi connectivity index (χ3n) is 6.66. The fourth-order valence-corrected chi connectivity index (χ4v) is 4.39. The molecule has 0 spiro atoms. The molecule has 25 heavy (non-hydrogen) atoms. The summed E-state index contributed by atoms with van der Waals surface area (Å²) < 4.78 is 1.00. The number of hydrogen-bond donors (Lipinski definition) is 1. The number of likely N-dealkylation sites (tertiary alicyclic amines) is 1. The van der Waals surface area contributed by atoms with Gasteiger partial charge in [-0.1, -0.05) is 68.9 Å². The Kier molecular flexibility index (Phi) is 8.45. The van der Waals surface area contributed by atoms with Crippen LogP contribution >= 0.6 is 0 Å². The number of aliphatic hydroxyl groups excluding tert-OH is 1. The molecule has 2 rings (SSSR count). The summed E-state index contributed by atoms with van der Waals surface area (Å²) in [6, 6.07) is 11.9. The van der Waals surface area contributed by atoms with Crippen molar-refractivity contribution in [3.05, 3.63) is 35.9 Å². The fourth-order valence-electron chi connectivity index (χ4n) is 4.39. The molecular weight excluding hydrogens is 306 g/mol. The molecule has 142 valence electrons. The molecule has 1 heterocycles. The maximum atomic E-state index is 10.1. The van der Waals surface area contributed by atoms with E-state index in [9.17, 15) is 5.11 Å². The number of likely N-dealkylation sites (N-methyl/N-ethyl adjacent to an activating group) is 1. The summed E-state index contributed by atoms with van der Waals surface area (Å²) in [4.78, 5) is 0. The molecule has 1 aromatic carbocycles. The minimum Gasteiger partial charge on any atom is -0.387 e. The molecule has 2 heteroatoms. The van der Waals surface area contributed by atoms with Gasteiger partial charge in [0.2, 0.25) is 0 Å². The monoisotopic (exact) mass is 346 g/mol. The van der Waals surface area contributed by atoms with Crippen molar-refractivity contribution in [2.24, 2.45) is 0 Å². The lowest BCUT2D eigenvalue weighted by Gasteiger charge is -2.36. The highest BCUT2D eigenvalue weighted by Crippen LogP contribution is 2.32. The van der Waals surface area contributed by atoms with Crippen LogP contribution in [0.25, 0.3) is 0 Å². The van der Waals surface area contributed by atoms with Gasteiger partial charge in [-0.05, 0) is 38.2 Å². The van der Waals surface area contributed by atoms with E-state index in [2.05, 4.69) is 51.4 Å². The van der Waals surface area contributed by atoms with Crippen molar-refractivity contribution >= 4 is 0 Å². The van der Waals surface area contributed by atoms with Gasteiger partial charge in [0, 0.05) is 6.42 Å². The van der Waals surface area contributed by atoms with Crippen LogP contribution in [0.2, 0.25) is 0 Å². The lowest BCUT2D eigenvalue weighted by Crippen LogP contribution is -2.50. The van der Waals surface area contributed by atoms with Gasteiger partial charge in [-0.15, -0.1) is 0 Å². The fraction of sp³-hybridized carbons (Fsp3) is 0.739. The second-order valence-corrected chi connectivity index (χ2v) is 8.68. The molecule has 3 atom stereocenters. The highest BCUT2D eigenvalue weighted by molar-refractivity contribution is 5.14. The average Bonchev–Trinajstić information content (AvgIpc) is 2.80. The van der Waals surface area contributed by atoms with Crippen molar-refractivity contribution in [2.75, 3.05) is 14.1 Å². The number of aliphatic hydroxyl groups is 1. The van der Waals surface area contributed by atoms with Crippen LogP contribution in [0.5, 0.6) is 0 Å². The molecule has 0 amide bonds. The van der Waals surface area contributed by atoms with E-state index in [1.165, 1.54) is 69.8 Å². The molecule has 0 aliphatic carbocycles. The van der Waals surface area contributed by atoms with E-state index in [0.717, 1.165) is 10.9 Å². The normalized spacial score (nSPS) is 25.4. The summed E-state index contributed by atoms with van der Waals surface area (Å²) in [5, 5.41) is 10.1. The van der Waals surface area contributed by atoms with Crippen molar-refractivity contribution in [1.82, 2.24) is 0 Å². The topological polar surface area (TPSA) is 20.2 Å². The summed E-state index contributed by atoms with van der Waals surface area (Å²) in [6.45, 7) is 2.20. The Morgan fingerprint density at radius 3 is 2.00 bits per heavy atom. The van der Waals surface area contributed by atoms with E-state index in [1.54, 1.807) is 0 Å². The van der Waals surface area contributed by atoms with Crippen LogP contribution in [0.15, 0.2) is 30.3 Å². The largest absolute Gasteiger partial charge is 0.387 e. The zero-order valence-electron chi connectivity index (χ0n) is 16.8. The van der Waals surface area contributed by atoms with E-state index in [1.807, 2.05) is 0 Å². The standard InChI is InChI=1S/C23H40NO/c1-20-23(25)19-22(24(20,2)3)18-14-9-7-5-4-6-8-11-15-21-16-12-10-13-17-21/h10,12-13,16-17,20,22-23,25H,4-9,11,14-15,18-19H2,1-3H3/q+1/t20-,22+,23+/m1/s1. The lowest BCUT2D eigenvalue weighted by molar-refractivity contribution is -0.925. The quantitative estimate of drug-likeness (QED) is 0.424. The van der Waals surface area contributed by atoms with Gasteiger partial charge in [0.1, 0.15) is 12.1 Å². The highest BCUT2D eigenvalue weighted by atomic mass is 16.3. The van der Waals surface area contributed by atoms with Gasteiger partial charge >= 0.3 is 0 Å². The van der Waals surface area contributed by atoms with Gasteiger partial charge in [0.15, 0.2) is 0 Å². The van der Waals surface area contributed by atoms with Crippen LogP contribution in [-0.4, -0.2) is 41.9 Å². The van der Waals surface area contributed by atoms with E-state index >= 15 is 0 Å². The zero-order chi connectivity index (χ0) is 18.1. The van der Waals surface area contributed by atoms with Crippen molar-refractivity contribution in [2.45, 2.75) is 95.7 Å². The van der Waals surface area contributed by atoms with Gasteiger partial charge < -0.3 is 9.59 Å². The number of nitrogens with zero attached hydrogens (tertiary/aromatic N) is 1. The van der Waals surface area contributed by atoms with Crippen molar-refractivity contribution in [3.8, 4) is 0 Å². The molecule has 0 radical (unpaired) electrons. The summed E-state index contributed by atoms with van der Waals surface area (Å²) in [5.74, 6) is 0. The van der Waals surface area contributed by atoms with Gasteiger partial charge in [-0.25, -0.2) is 0 Å². The number of rotatable bonds is 11. The van der Waals surface area contributed by atoms with Crippen molar-refractivity contribution in [3.63, 3.8) is 0 Å². The van der Waals surface area contributed by atoms with Crippen LogP contribution in [0, 0.1) is 0 Å². The number of quaternary nitrogens is 1. The summed E-state index contributed by atoms with van der Waals surface area (Å²) in [5.41, 5.74) is 1.48. The Labute approximate surface area is 155 Å². The predicted octanol–water partition coefficient (Wildman–Crippen LogP) is 5.34. The van der Waals surface area contributed by atoms with E-state index in [-0.39, 0.29) is 6.10 Å². The first-order valence-corrected chi connectivity index (χ1v) is 10.6. The van der Waals surface area contributed by atoms with Crippen LogP contribution in [0.4, 0.5) is 0 Å². The molecule has 0 saturated carbocycles. The molecule has 1 N–H and O–H groups in total. The maximum Gasteiger partial charge on any atom is 0.112 e. The van der Waals surface area contributed by atoms with Crippen LogP contribution in [-0.2, 0) is 6.42 Å². The minimum atomic E-state index is -0.101. The summed E-state index contributed by atoms with van der Waals surface area (Å²) in [7, 11) is 4.59. The summed E-state index contributed by atoms with van der Waals surface area (Å²) in [6.07, 6.45) is 14.4. The maximum absolute atomic E-state index is 10.1. The molecule has 1 fully saturated rings. The average molecular weight is 347 g/mol. The Hall–Kier alpha value is -0.860. The molecule has 1 saturated heterocycles. The second kappa shape index (κ2) is 10.3. The Balaban J connectivity index is 1.42.